The molecule has 1 aromatic rings. The molecule has 126 valence electrons. The monoisotopic (exact) mass is 324 g/mol. The molecule has 2 bridgehead atoms. The van der Waals surface area contributed by atoms with Crippen LogP contribution in [0.25, 0.3) is 0 Å². The Hall–Kier alpha value is -1.69. The van der Waals surface area contributed by atoms with E-state index in [1.165, 1.54) is 25.0 Å². The number of carbonyl (C=O) groups excluding carboxylic acids is 1. The van der Waals surface area contributed by atoms with Crippen LogP contribution >= 0.6 is 0 Å². The maximum Gasteiger partial charge on any atom is 0.387 e. The van der Waals surface area contributed by atoms with Gasteiger partial charge in [-0.05, 0) is 43.4 Å². The Bertz CT molecular complexity index is 538. The van der Waals surface area contributed by atoms with Gasteiger partial charge in [0.05, 0.1) is 6.42 Å². The van der Waals surface area contributed by atoms with E-state index in [4.69, 9.17) is 0 Å². The number of fused-ring (bicyclic) bond motifs is 2. The minimum Gasteiger partial charge on any atom is -0.435 e. The van der Waals surface area contributed by atoms with E-state index in [2.05, 4.69) is 10.1 Å². The van der Waals surface area contributed by atoms with Crippen LogP contribution in [0.5, 0.6) is 5.75 Å². The fourth-order valence-corrected chi connectivity index (χ4v) is 3.64. The summed E-state index contributed by atoms with van der Waals surface area (Å²) in [7, 11) is 1.87. The second kappa shape index (κ2) is 6.83. The summed E-state index contributed by atoms with van der Waals surface area (Å²) in [6, 6.07) is 7.65. The van der Waals surface area contributed by atoms with Gasteiger partial charge in [-0.2, -0.15) is 8.78 Å². The van der Waals surface area contributed by atoms with Gasteiger partial charge in [0.25, 0.3) is 0 Å². The number of rotatable bonds is 5. The molecular weight excluding hydrogens is 302 g/mol. The second-order valence-electron chi connectivity index (χ2n) is 6.47. The lowest BCUT2D eigenvalue weighted by molar-refractivity contribution is -0.131. The summed E-state index contributed by atoms with van der Waals surface area (Å²) in [6.07, 6.45) is 4.72. The van der Waals surface area contributed by atoms with Crippen molar-refractivity contribution in [3.05, 3.63) is 29.8 Å². The molecule has 3 rings (SSSR count). The van der Waals surface area contributed by atoms with Crippen LogP contribution in [0.15, 0.2) is 24.3 Å². The first kappa shape index (κ1) is 16.2. The topological polar surface area (TPSA) is 41.6 Å². The van der Waals surface area contributed by atoms with Crippen molar-refractivity contribution in [2.75, 3.05) is 7.05 Å². The molecule has 2 aliphatic rings. The highest BCUT2D eigenvalue weighted by atomic mass is 19.3. The Labute approximate surface area is 134 Å². The molecule has 0 radical (unpaired) electrons. The van der Waals surface area contributed by atoms with Crippen molar-refractivity contribution < 1.29 is 18.3 Å². The number of halogens is 2. The van der Waals surface area contributed by atoms with E-state index in [0.29, 0.717) is 18.1 Å². The number of amides is 1. The summed E-state index contributed by atoms with van der Waals surface area (Å²) in [6.45, 7) is -2.83. The first-order valence-corrected chi connectivity index (χ1v) is 8.06. The molecule has 2 atom stereocenters. The number of carbonyl (C=O) groups is 1. The predicted octanol–water partition coefficient (Wildman–Crippen LogP) is 2.57. The number of ether oxygens (including phenoxy) is 1. The molecule has 1 amide bonds. The zero-order chi connectivity index (χ0) is 16.4. The van der Waals surface area contributed by atoms with Crippen LogP contribution in [0.4, 0.5) is 8.78 Å². The van der Waals surface area contributed by atoms with Crippen LogP contribution in [0.2, 0.25) is 0 Å². The highest BCUT2D eigenvalue weighted by Gasteiger charge is 2.36. The Morgan fingerprint density at radius 2 is 1.87 bits per heavy atom. The average molecular weight is 324 g/mol. The zero-order valence-corrected chi connectivity index (χ0v) is 13.2. The molecule has 0 saturated carbocycles. The van der Waals surface area contributed by atoms with Gasteiger partial charge in [-0.1, -0.05) is 12.1 Å². The lowest BCUT2D eigenvalue weighted by Crippen LogP contribution is -2.49. The summed E-state index contributed by atoms with van der Waals surface area (Å²) >= 11 is 0. The standard InChI is InChI=1S/C17H22F2N2O2/c1-21(14-9-12-4-5-13(10-14)20-12)16(22)8-11-2-6-15(7-3-11)23-17(18)19/h2-3,6-7,12-14,17,20H,4-5,8-10H2,1H3. The number of piperidine rings is 1. The SMILES string of the molecule is CN(C(=O)Cc1ccc(OC(F)F)cc1)C1CC2CCC(C1)N2. The fourth-order valence-electron chi connectivity index (χ4n) is 3.64. The van der Waals surface area contributed by atoms with Gasteiger partial charge >= 0.3 is 6.61 Å². The van der Waals surface area contributed by atoms with E-state index in [-0.39, 0.29) is 18.1 Å². The lowest BCUT2D eigenvalue weighted by atomic mass is 9.98. The highest BCUT2D eigenvalue weighted by molar-refractivity contribution is 5.78. The van der Waals surface area contributed by atoms with Crippen molar-refractivity contribution in [3.63, 3.8) is 0 Å². The number of nitrogens with zero attached hydrogens (tertiary/aromatic N) is 1. The third-order valence-corrected chi connectivity index (χ3v) is 4.89. The van der Waals surface area contributed by atoms with Crippen LogP contribution < -0.4 is 10.1 Å². The summed E-state index contributed by atoms with van der Waals surface area (Å²) in [4.78, 5) is 14.3. The molecule has 4 nitrogen and oxygen atoms in total. The molecular formula is C17H22F2N2O2. The Balaban J connectivity index is 1.55. The zero-order valence-electron chi connectivity index (χ0n) is 13.2. The van der Waals surface area contributed by atoms with E-state index in [1.54, 1.807) is 12.1 Å². The van der Waals surface area contributed by atoms with Gasteiger partial charge in [-0.15, -0.1) is 0 Å². The van der Waals surface area contributed by atoms with Crippen LogP contribution in [-0.2, 0) is 11.2 Å². The van der Waals surface area contributed by atoms with Crippen molar-refractivity contribution >= 4 is 5.91 Å². The molecule has 0 aliphatic carbocycles. The van der Waals surface area contributed by atoms with Crippen molar-refractivity contribution in [1.82, 2.24) is 10.2 Å². The molecule has 1 aromatic carbocycles. The fraction of sp³-hybridized carbons (Fsp3) is 0.588. The van der Waals surface area contributed by atoms with E-state index in [9.17, 15) is 13.6 Å². The smallest absolute Gasteiger partial charge is 0.387 e. The van der Waals surface area contributed by atoms with E-state index >= 15 is 0 Å². The number of likely N-dealkylation sites (N-methyl/N-ethyl adjacent to an activating group) is 1. The minimum atomic E-state index is -2.83. The summed E-state index contributed by atoms with van der Waals surface area (Å²) in [5, 5.41) is 3.57. The summed E-state index contributed by atoms with van der Waals surface area (Å²) in [5.74, 6) is 0.179. The minimum absolute atomic E-state index is 0.0684. The van der Waals surface area contributed by atoms with Crippen LogP contribution in [-0.4, -0.2) is 42.6 Å². The largest absolute Gasteiger partial charge is 0.435 e. The normalized spacial score (nSPS) is 26.3. The Morgan fingerprint density at radius 1 is 1.26 bits per heavy atom. The van der Waals surface area contributed by atoms with Gasteiger partial charge in [0.15, 0.2) is 0 Å². The predicted molar refractivity (Wildman–Crippen MR) is 82.5 cm³/mol. The molecule has 1 N–H and O–H groups in total. The molecule has 0 aromatic heterocycles. The lowest BCUT2D eigenvalue weighted by Gasteiger charge is -2.35. The number of alkyl halides is 2. The first-order valence-electron chi connectivity index (χ1n) is 8.06. The van der Waals surface area contributed by atoms with Crippen molar-refractivity contribution in [2.45, 2.75) is 56.8 Å². The second-order valence-corrected chi connectivity index (χ2v) is 6.47. The van der Waals surface area contributed by atoms with Crippen molar-refractivity contribution in [1.29, 1.82) is 0 Å². The maximum absolute atomic E-state index is 12.5. The number of hydrogen-bond acceptors (Lipinski definition) is 3. The van der Waals surface area contributed by atoms with Crippen molar-refractivity contribution in [2.24, 2.45) is 0 Å². The number of hydrogen-bond donors (Lipinski definition) is 1. The molecule has 23 heavy (non-hydrogen) atoms. The van der Waals surface area contributed by atoms with E-state index < -0.39 is 6.61 Å². The molecule has 2 heterocycles. The Morgan fingerprint density at radius 3 is 2.43 bits per heavy atom. The van der Waals surface area contributed by atoms with E-state index in [0.717, 1.165) is 18.4 Å². The van der Waals surface area contributed by atoms with E-state index in [1.807, 2.05) is 11.9 Å². The van der Waals surface area contributed by atoms with Gasteiger partial charge in [0.2, 0.25) is 5.91 Å². The van der Waals surface area contributed by atoms with Gasteiger partial charge in [-0.3, -0.25) is 4.79 Å². The highest BCUT2D eigenvalue weighted by Crippen LogP contribution is 2.29. The van der Waals surface area contributed by atoms with Gasteiger partial charge in [0, 0.05) is 25.2 Å². The average Bonchev–Trinajstić information content (AvgIpc) is 2.86. The van der Waals surface area contributed by atoms with Gasteiger partial charge < -0.3 is 15.0 Å². The third kappa shape index (κ3) is 3.99. The van der Waals surface area contributed by atoms with Crippen molar-refractivity contribution in [3.8, 4) is 5.75 Å². The number of nitrogens with one attached hydrogen (secondary N) is 1. The van der Waals surface area contributed by atoms with Crippen LogP contribution in [0.1, 0.15) is 31.2 Å². The summed E-state index contributed by atoms with van der Waals surface area (Å²) < 4.78 is 28.6. The van der Waals surface area contributed by atoms with Gasteiger partial charge in [-0.25, -0.2) is 0 Å². The Kier molecular flexibility index (Phi) is 4.80. The molecule has 6 heteroatoms. The van der Waals surface area contributed by atoms with Crippen LogP contribution in [0, 0.1) is 0 Å². The maximum atomic E-state index is 12.5. The molecule has 2 aliphatic heterocycles. The molecule has 2 unspecified atom stereocenters. The molecule has 2 fully saturated rings. The van der Waals surface area contributed by atoms with Gasteiger partial charge in [0.1, 0.15) is 5.75 Å². The number of benzene rings is 1. The first-order chi connectivity index (χ1) is 11.0. The molecule has 0 spiro atoms. The quantitative estimate of drug-likeness (QED) is 0.905. The summed E-state index contributed by atoms with van der Waals surface area (Å²) in [5.41, 5.74) is 0.806. The molecule has 2 saturated heterocycles. The third-order valence-electron chi connectivity index (χ3n) is 4.89. The van der Waals surface area contributed by atoms with Crippen LogP contribution in [0.3, 0.4) is 0 Å².